The number of methoxy groups -OCH3 is 1. The minimum atomic E-state index is -0.290. The van der Waals surface area contributed by atoms with Crippen molar-refractivity contribution in [3.05, 3.63) is 17.5 Å². The summed E-state index contributed by atoms with van der Waals surface area (Å²) in [6.07, 6.45) is 0. The van der Waals surface area contributed by atoms with E-state index >= 15 is 0 Å². The lowest BCUT2D eigenvalue weighted by molar-refractivity contribution is 0.0945. The van der Waals surface area contributed by atoms with Crippen LogP contribution in [0.4, 0.5) is 0 Å². The van der Waals surface area contributed by atoms with Gasteiger partial charge in [0, 0.05) is 26.3 Å². The number of carbonyl (C=O) groups excluding carboxylic acids is 1. The fourth-order valence-electron chi connectivity index (χ4n) is 0.907. The zero-order valence-electron chi connectivity index (χ0n) is 7.95. The summed E-state index contributed by atoms with van der Waals surface area (Å²) < 4.78 is 9.66. The Hall–Kier alpha value is -1.40. The number of hydrogen-bond donors (Lipinski definition) is 2. The molecule has 1 aromatic heterocycles. The van der Waals surface area contributed by atoms with Gasteiger partial charge in [-0.2, -0.15) is 0 Å². The van der Waals surface area contributed by atoms with Crippen LogP contribution < -0.4 is 11.1 Å². The van der Waals surface area contributed by atoms with Gasteiger partial charge in [-0.3, -0.25) is 4.79 Å². The molecule has 0 saturated heterocycles. The average Bonchev–Trinajstić information content (AvgIpc) is 2.63. The van der Waals surface area contributed by atoms with Crippen LogP contribution in [0.3, 0.4) is 0 Å². The van der Waals surface area contributed by atoms with Crippen molar-refractivity contribution in [1.82, 2.24) is 10.5 Å². The van der Waals surface area contributed by atoms with Gasteiger partial charge in [0.1, 0.15) is 6.61 Å². The van der Waals surface area contributed by atoms with Gasteiger partial charge in [-0.1, -0.05) is 5.16 Å². The first kappa shape index (κ1) is 10.7. The van der Waals surface area contributed by atoms with Crippen LogP contribution in [0, 0.1) is 0 Å². The van der Waals surface area contributed by atoms with Crippen LogP contribution in [-0.4, -0.2) is 31.3 Å². The second kappa shape index (κ2) is 5.36. The normalized spacial score (nSPS) is 10.1. The van der Waals surface area contributed by atoms with Crippen molar-refractivity contribution >= 4 is 5.91 Å². The summed E-state index contributed by atoms with van der Waals surface area (Å²) in [6, 6.07) is 1.54. The molecule has 3 N–H and O–H groups in total. The third-order valence-corrected chi connectivity index (χ3v) is 1.51. The van der Waals surface area contributed by atoms with E-state index in [1.807, 2.05) is 0 Å². The van der Waals surface area contributed by atoms with E-state index < -0.39 is 0 Å². The summed E-state index contributed by atoms with van der Waals surface area (Å²) in [4.78, 5) is 11.3. The van der Waals surface area contributed by atoms with Gasteiger partial charge in [-0.25, -0.2) is 0 Å². The molecule has 78 valence electrons. The lowest BCUT2D eigenvalue weighted by Crippen LogP contribution is -2.29. The summed E-state index contributed by atoms with van der Waals surface area (Å²) in [5.74, 6) is 0.229. The minimum Gasteiger partial charge on any atom is -0.377 e. The number of carbonyl (C=O) groups is 1. The molecule has 0 aliphatic rings. The number of rotatable bonds is 5. The maximum Gasteiger partial charge on any atom is 0.273 e. The molecule has 0 aliphatic heterocycles. The fraction of sp³-hybridized carbons (Fsp3) is 0.500. The molecule has 0 radical (unpaired) electrons. The molecule has 0 bridgehead atoms. The second-order valence-electron chi connectivity index (χ2n) is 2.66. The summed E-state index contributed by atoms with van der Waals surface area (Å²) in [7, 11) is 1.54. The SMILES string of the molecule is COCc1cc(C(=O)NCCN)no1. The quantitative estimate of drug-likeness (QED) is 0.667. The first-order chi connectivity index (χ1) is 6.77. The topological polar surface area (TPSA) is 90.4 Å². The van der Waals surface area contributed by atoms with Crippen LogP contribution in [-0.2, 0) is 11.3 Å². The lowest BCUT2D eigenvalue weighted by Gasteiger charge is -1.97. The van der Waals surface area contributed by atoms with E-state index in [9.17, 15) is 4.79 Å². The molecule has 0 aliphatic carbocycles. The van der Waals surface area contributed by atoms with Crippen molar-refractivity contribution in [2.75, 3.05) is 20.2 Å². The first-order valence-electron chi connectivity index (χ1n) is 4.20. The standard InChI is InChI=1S/C8H13N3O3/c1-13-5-6-4-7(11-14-6)8(12)10-3-2-9/h4H,2-3,5,9H2,1H3,(H,10,12). The zero-order chi connectivity index (χ0) is 10.4. The molecule has 1 aromatic rings. The number of ether oxygens (including phenoxy) is 1. The summed E-state index contributed by atoms with van der Waals surface area (Å²) >= 11 is 0. The summed E-state index contributed by atoms with van der Waals surface area (Å²) in [5.41, 5.74) is 5.47. The fourth-order valence-corrected chi connectivity index (χ4v) is 0.907. The highest BCUT2D eigenvalue weighted by Gasteiger charge is 2.11. The predicted molar refractivity (Wildman–Crippen MR) is 48.6 cm³/mol. The number of hydrogen-bond acceptors (Lipinski definition) is 5. The molecule has 1 amide bonds. The molecule has 0 fully saturated rings. The van der Waals surface area contributed by atoms with Gasteiger partial charge < -0.3 is 20.3 Å². The van der Waals surface area contributed by atoms with E-state index in [4.69, 9.17) is 15.0 Å². The Morgan fingerprint density at radius 3 is 3.21 bits per heavy atom. The van der Waals surface area contributed by atoms with E-state index in [0.717, 1.165) is 0 Å². The lowest BCUT2D eigenvalue weighted by atomic mass is 10.3. The van der Waals surface area contributed by atoms with Gasteiger partial charge in [0.15, 0.2) is 11.5 Å². The van der Waals surface area contributed by atoms with Crippen LogP contribution in [0.15, 0.2) is 10.6 Å². The first-order valence-corrected chi connectivity index (χ1v) is 4.20. The molecule has 0 saturated carbocycles. The van der Waals surface area contributed by atoms with Crippen molar-refractivity contribution in [3.63, 3.8) is 0 Å². The molecule has 1 rings (SSSR count). The molecule has 0 unspecified atom stereocenters. The molecular formula is C8H13N3O3. The van der Waals surface area contributed by atoms with E-state index in [2.05, 4.69) is 10.5 Å². The third kappa shape index (κ3) is 2.82. The Morgan fingerprint density at radius 2 is 2.57 bits per heavy atom. The summed E-state index contributed by atoms with van der Waals surface area (Å²) in [5, 5.41) is 6.16. The highest BCUT2D eigenvalue weighted by atomic mass is 16.5. The Balaban J connectivity index is 2.53. The molecular weight excluding hydrogens is 186 g/mol. The Morgan fingerprint density at radius 1 is 1.79 bits per heavy atom. The van der Waals surface area contributed by atoms with Crippen LogP contribution in [0.2, 0.25) is 0 Å². The van der Waals surface area contributed by atoms with Gasteiger partial charge in [-0.15, -0.1) is 0 Å². The maximum absolute atomic E-state index is 11.3. The number of nitrogens with one attached hydrogen (secondary N) is 1. The molecule has 1 heterocycles. The second-order valence-corrected chi connectivity index (χ2v) is 2.66. The van der Waals surface area contributed by atoms with Crippen LogP contribution in [0.5, 0.6) is 0 Å². The third-order valence-electron chi connectivity index (χ3n) is 1.51. The molecule has 0 atom stereocenters. The largest absolute Gasteiger partial charge is 0.377 e. The highest BCUT2D eigenvalue weighted by Crippen LogP contribution is 2.04. The van der Waals surface area contributed by atoms with Crippen molar-refractivity contribution < 1.29 is 14.1 Å². The van der Waals surface area contributed by atoms with Gasteiger partial charge in [0.05, 0.1) is 0 Å². The van der Waals surface area contributed by atoms with Crippen molar-refractivity contribution in [3.8, 4) is 0 Å². The number of amides is 1. The van der Waals surface area contributed by atoms with E-state index in [-0.39, 0.29) is 11.6 Å². The van der Waals surface area contributed by atoms with Gasteiger partial charge in [0.25, 0.3) is 5.91 Å². The van der Waals surface area contributed by atoms with Gasteiger partial charge in [0.2, 0.25) is 0 Å². The van der Waals surface area contributed by atoms with Crippen molar-refractivity contribution in [2.24, 2.45) is 5.73 Å². The Kier molecular flexibility index (Phi) is 4.09. The molecule has 6 heteroatoms. The monoisotopic (exact) mass is 199 g/mol. The highest BCUT2D eigenvalue weighted by molar-refractivity contribution is 5.92. The molecule has 0 aromatic carbocycles. The van der Waals surface area contributed by atoms with Crippen molar-refractivity contribution in [1.29, 1.82) is 0 Å². The zero-order valence-corrected chi connectivity index (χ0v) is 7.95. The predicted octanol–water partition coefficient (Wildman–Crippen LogP) is -0.490. The number of aromatic nitrogens is 1. The smallest absolute Gasteiger partial charge is 0.273 e. The Bertz CT molecular complexity index is 298. The number of nitrogens with zero attached hydrogens (tertiary/aromatic N) is 1. The van der Waals surface area contributed by atoms with Gasteiger partial charge in [-0.05, 0) is 0 Å². The average molecular weight is 199 g/mol. The molecule has 14 heavy (non-hydrogen) atoms. The van der Waals surface area contributed by atoms with Gasteiger partial charge >= 0.3 is 0 Å². The number of nitrogens with two attached hydrogens (primary N) is 1. The van der Waals surface area contributed by atoms with Crippen LogP contribution in [0.25, 0.3) is 0 Å². The van der Waals surface area contributed by atoms with E-state index in [1.165, 1.54) is 13.2 Å². The van der Waals surface area contributed by atoms with Crippen LogP contribution in [0.1, 0.15) is 16.2 Å². The van der Waals surface area contributed by atoms with Crippen molar-refractivity contribution in [2.45, 2.75) is 6.61 Å². The Labute approximate surface area is 81.4 Å². The molecule has 0 spiro atoms. The van der Waals surface area contributed by atoms with Crippen LogP contribution >= 0.6 is 0 Å². The maximum atomic E-state index is 11.3. The van der Waals surface area contributed by atoms with E-state index in [0.29, 0.717) is 25.5 Å². The summed E-state index contributed by atoms with van der Waals surface area (Å²) in [6.45, 7) is 1.12. The molecule has 6 nitrogen and oxygen atoms in total. The van der Waals surface area contributed by atoms with E-state index in [1.54, 1.807) is 0 Å². The minimum absolute atomic E-state index is 0.241.